The first-order valence-electron chi connectivity index (χ1n) is 4.22. The van der Waals surface area contributed by atoms with Crippen LogP contribution in [0.5, 0.6) is 0 Å². The molecule has 0 amide bonds. The van der Waals surface area contributed by atoms with Gasteiger partial charge in [0, 0.05) is 0 Å². The first-order valence-corrected chi connectivity index (χ1v) is 4.22. The van der Waals surface area contributed by atoms with E-state index in [0.29, 0.717) is 0 Å². The number of rotatable bonds is 1. The van der Waals surface area contributed by atoms with Gasteiger partial charge in [0.15, 0.2) is 0 Å². The summed E-state index contributed by atoms with van der Waals surface area (Å²) in [5, 5.41) is 0. The molecule has 1 heteroatoms. The van der Waals surface area contributed by atoms with Crippen LogP contribution >= 0.6 is 0 Å². The van der Waals surface area contributed by atoms with Gasteiger partial charge in [-0.15, -0.1) is 0 Å². The van der Waals surface area contributed by atoms with E-state index in [9.17, 15) is 0 Å². The van der Waals surface area contributed by atoms with Crippen molar-refractivity contribution >= 4 is 6.08 Å². The average molecular weight is 164 g/mol. The molecule has 1 heterocycles. The molecule has 0 fully saturated rings. The fraction of sp³-hybridized carbons (Fsp3) is 0.455. The topological polar surface area (TPSA) is 13.1 Å². The predicted octanol–water partition coefficient (Wildman–Crippen LogP) is 3.65. The van der Waals surface area contributed by atoms with Gasteiger partial charge >= 0.3 is 0 Å². The Bertz CT molecular complexity index is 273. The lowest BCUT2D eigenvalue weighted by atomic mass is 9.96. The van der Waals surface area contributed by atoms with Crippen molar-refractivity contribution in [3.63, 3.8) is 0 Å². The van der Waals surface area contributed by atoms with Crippen LogP contribution in [-0.2, 0) is 0 Å². The summed E-state index contributed by atoms with van der Waals surface area (Å²) in [6, 6.07) is 1.97. The summed E-state index contributed by atoms with van der Waals surface area (Å²) in [6.45, 7) is 8.55. The fourth-order valence-electron chi connectivity index (χ4n) is 0.881. The highest BCUT2D eigenvalue weighted by Gasteiger charge is 2.04. The molecule has 0 N–H and O–H groups in total. The molecule has 0 saturated carbocycles. The molecule has 0 aliphatic carbocycles. The van der Waals surface area contributed by atoms with Crippen molar-refractivity contribution in [2.24, 2.45) is 5.41 Å². The highest BCUT2D eigenvalue weighted by Crippen LogP contribution is 2.18. The fourth-order valence-corrected chi connectivity index (χ4v) is 0.881. The van der Waals surface area contributed by atoms with E-state index in [1.807, 2.05) is 19.1 Å². The molecule has 0 aliphatic rings. The highest BCUT2D eigenvalue weighted by atomic mass is 16.3. The second kappa shape index (κ2) is 3.18. The average Bonchev–Trinajstić information content (AvgIpc) is 2.29. The lowest BCUT2D eigenvalue weighted by Gasteiger charge is -2.10. The Balaban J connectivity index is 2.77. The molecular formula is C11H16O. The van der Waals surface area contributed by atoms with Crippen molar-refractivity contribution in [3.05, 3.63) is 29.7 Å². The summed E-state index contributed by atoms with van der Waals surface area (Å²) >= 11 is 0. The van der Waals surface area contributed by atoms with E-state index in [4.69, 9.17) is 4.42 Å². The van der Waals surface area contributed by atoms with E-state index in [1.54, 1.807) is 6.26 Å². The SMILES string of the molecule is Cc1ccoc1/C=C/C(C)(C)C. The van der Waals surface area contributed by atoms with E-state index in [1.165, 1.54) is 5.56 Å². The van der Waals surface area contributed by atoms with Crippen LogP contribution in [0.25, 0.3) is 6.08 Å². The summed E-state index contributed by atoms with van der Waals surface area (Å²) in [5.74, 6) is 0.963. The normalized spacial score (nSPS) is 12.7. The number of hydrogen-bond acceptors (Lipinski definition) is 1. The Morgan fingerprint density at radius 1 is 1.33 bits per heavy atom. The quantitative estimate of drug-likeness (QED) is 0.617. The van der Waals surface area contributed by atoms with E-state index in [2.05, 4.69) is 26.8 Å². The van der Waals surface area contributed by atoms with Gasteiger partial charge in [-0.1, -0.05) is 26.8 Å². The zero-order valence-electron chi connectivity index (χ0n) is 8.22. The predicted molar refractivity (Wildman–Crippen MR) is 51.9 cm³/mol. The standard InChI is InChI=1S/C11H16O/c1-9-6-8-12-10(9)5-7-11(2,3)4/h5-8H,1-4H3/b7-5+. The van der Waals surface area contributed by atoms with E-state index in [0.717, 1.165) is 5.76 Å². The van der Waals surface area contributed by atoms with Crippen LogP contribution < -0.4 is 0 Å². The monoisotopic (exact) mass is 164 g/mol. The van der Waals surface area contributed by atoms with Crippen LogP contribution in [0.4, 0.5) is 0 Å². The second-order valence-electron chi connectivity index (χ2n) is 4.17. The van der Waals surface area contributed by atoms with Gasteiger partial charge in [-0.2, -0.15) is 0 Å². The molecular weight excluding hydrogens is 148 g/mol. The molecule has 0 aromatic carbocycles. The number of allylic oxidation sites excluding steroid dienone is 1. The van der Waals surface area contributed by atoms with Crippen LogP contribution in [0.15, 0.2) is 22.8 Å². The van der Waals surface area contributed by atoms with Crippen molar-refractivity contribution in [1.82, 2.24) is 0 Å². The minimum atomic E-state index is 0.221. The molecule has 1 aromatic rings. The zero-order chi connectivity index (χ0) is 9.19. The summed E-state index contributed by atoms with van der Waals surface area (Å²) < 4.78 is 5.27. The first-order chi connectivity index (χ1) is 5.49. The summed E-state index contributed by atoms with van der Waals surface area (Å²) in [7, 11) is 0. The number of hydrogen-bond donors (Lipinski definition) is 0. The van der Waals surface area contributed by atoms with Crippen molar-refractivity contribution in [2.75, 3.05) is 0 Å². The minimum absolute atomic E-state index is 0.221. The molecule has 0 radical (unpaired) electrons. The molecule has 0 bridgehead atoms. The van der Waals surface area contributed by atoms with Crippen molar-refractivity contribution in [1.29, 1.82) is 0 Å². The van der Waals surface area contributed by atoms with Crippen LogP contribution in [-0.4, -0.2) is 0 Å². The molecule has 1 rings (SSSR count). The Labute approximate surface area is 74.1 Å². The molecule has 1 aromatic heterocycles. The lowest BCUT2D eigenvalue weighted by molar-refractivity contribution is 0.536. The molecule has 66 valence electrons. The van der Waals surface area contributed by atoms with Crippen LogP contribution in [0.1, 0.15) is 32.1 Å². The number of aryl methyl sites for hydroxylation is 1. The Kier molecular flexibility index (Phi) is 2.41. The molecule has 0 aliphatic heterocycles. The van der Waals surface area contributed by atoms with Crippen molar-refractivity contribution in [3.8, 4) is 0 Å². The maximum Gasteiger partial charge on any atom is 0.129 e. The molecule has 0 spiro atoms. The van der Waals surface area contributed by atoms with Gasteiger partial charge in [-0.05, 0) is 30.0 Å². The van der Waals surface area contributed by atoms with E-state index >= 15 is 0 Å². The molecule has 12 heavy (non-hydrogen) atoms. The third kappa shape index (κ3) is 2.57. The smallest absolute Gasteiger partial charge is 0.129 e. The van der Waals surface area contributed by atoms with Crippen LogP contribution in [0.2, 0.25) is 0 Å². The summed E-state index contributed by atoms with van der Waals surface area (Å²) in [4.78, 5) is 0. The molecule has 0 saturated heterocycles. The van der Waals surface area contributed by atoms with Gasteiger partial charge in [0.05, 0.1) is 6.26 Å². The molecule has 0 unspecified atom stereocenters. The van der Waals surface area contributed by atoms with Gasteiger partial charge in [0.2, 0.25) is 0 Å². The van der Waals surface area contributed by atoms with Crippen molar-refractivity contribution < 1.29 is 4.42 Å². The summed E-state index contributed by atoms with van der Waals surface area (Å²) in [6.07, 6.45) is 5.91. The van der Waals surface area contributed by atoms with Gasteiger partial charge in [-0.3, -0.25) is 0 Å². The van der Waals surface area contributed by atoms with Crippen molar-refractivity contribution in [2.45, 2.75) is 27.7 Å². The van der Waals surface area contributed by atoms with Gasteiger partial charge in [0.25, 0.3) is 0 Å². The number of furan rings is 1. The lowest BCUT2D eigenvalue weighted by Crippen LogP contribution is -1.97. The maximum atomic E-state index is 5.27. The molecule has 0 atom stereocenters. The van der Waals surface area contributed by atoms with Crippen LogP contribution in [0, 0.1) is 12.3 Å². The van der Waals surface area contributed by atoms with Gasteiger partial charge in [0.1, 0.15) is 5.76 Å². The Morgan fingerprint density at radius 2 is 2.00 bits per heavy atom. The van der Waals surface area contributed by atoms with E-state index in [-0.39, 0.29) is 5.41 Å². The highest BCUT2D eigenvalue weighted by molar-refractivity contribution is 5.47. The first kappa shape index (κ1) is 9.11. The summed E-state index contributed by atoms with van der Waals surface area (Å²) in [5.41, 5.74) is 1.41. The third-order valence-electron chi connectivity index (χ3n) is 1.64. The zero-order valence-corrected chi connectivity index (χ0v) is 8.22. The molecule has 1 nitrogen and oxygen atoms in total. The van der Waals surface area contributed by atoms with Gasteiger partial charge in [-0.25, -0.2) is 0 Å². The van der Waals surface area contributed by atoms with E-state index < -0.39 is 0 Å². The Morgan fingerprint density at radius 3 is 2.42 bits per heavy atom. The minimum Gasteiger partial charge on any atom is -0.465 e. The maximum absolute atomic E-state index is 5.27. The van der Waals surface area contributed by atoms with Gasteiger partial charge < -0.3 is 4.42 Å². The largest absolute Gasteiger partial charge is 0.465 e. The third-order valence-corrected chi connectivity index (χ3v) is 1.64. The second-order valence-corrected chi connectivity index (χ2v) is 4.17. The van der Waals surface area contributed by atoms with Crippen LogP contribution in [0.3, 0.4) is 0 Å². The Hall–Kier alpha value is -0.980.